The van der Waals surface area contributed by atoms with Gasteiger partial charge in [-0.05, 0) is 23.8 Å². The van der Waals surface area contributed by atoms with Gasteiger partial charge in [0.05, 0.1) is 25.9 Å². The van der Waals surface area contributed by atoms with Gasteiger partial charge in [-0.2, -0.15) is 5.26 Å². The Balaban J connectivity index is 2.02. The maximum absolute atomic E-state index is 12.8. The topological polar surface area (TPSA) is 62.6 Å². The van der Waals surface area contributed by atoms with Gasteiger partial charge in [0.1, 0.15) is 17.5 Å². The number of carbonyl (C=O) groups excluding carboxylic acids is 1. The van der Waals surface area contributed by atoms with Crippen LogP contribution in [0.3, 0.4) is 0 Å². The molecule has 1 amide bonds. The first kappa shape index (κ1) is 16.2. The Bertz CT molecular complexity index is 827. The van der Waals surface area contributed by atoms with Crippen LogP contribution in [-0.2, 0) is 6.54 Å². The average molecular weight is 343 g/mol. The molecule has 0 spiro atoms. The smallest absolute Gasteiger partial charge is 0.256 e. The zero-order valence-corrected chi connectivity index (χ0v) is 14.0. The van der Waals surface area contributed by atoms with Crippen molar-refractivity contribution >= 4 is 17.5 Å². The first-order chi connectivity index (χ1) is 11.6. The summed E-state index contributed by atoms with van der Waals surface area (Å²) in [7, 11) is 3.03. The van der Waals surface area contributed by atoms with Gasteiger partial charge in [0.2, 0.25) is 0 Å². The number of fused-ring (bicyclic) bond motifs is 1. The largest absolute Gasteiger partial charge is 0.497 e. The quantitative estimate of drug-likeness (QED) is 0.852. The third-order valence-corrected chi connectivity index (χ3v) is 4.29. The van der Waals surface area contributed by atoms with E-state index in [0.717, 1.165) is 5.56 Å². The number of hydrogen-bond acceptors (Lipinski definition) is 4. The van der Waals surface area contributed by atoms with Crippen LogP contribution in [0.15, 0.2) is 36.4 Å². The molecule has 0 aliphatic carbocycles. The van der Waals surface area contributed by atoms with E-state index in [4.69, 9.17) is 21.1 Å². The summed E-state index contributed by atoms with van der Waals surface area (Å²) in [5.74, 6) is 0.774. The third-order valence-electron chi connectivity index (χ3n) is 4.04. The molecule has 1 unspecified atom stereocenters. The molecular weight excluding hydrogens is 328 g/mol. The van der Waals surface area contributed by atoms with E-state index in [0.29, 0.717) is 34.2 Å². The van der Waals surface area contributed by atoms with Crippen molar-refractivity contribution in [3.63, 3.8) is 0 Å². The lowest BCUT2D eigenvalue weighted by atomic mass is 10.0. The van der Waals surface area contributed by atoms with Gasteiger partial charge in [-0.3, -0.25) is 4.79 Å². The monoisotopic (exact) mass is 342 g/mol. The molecule has 6 heteroatoms. The van der Waals surface area contributed by atoms with Crippen LogP contribution in [0.1, 0.15) is 27.5 Å². The SMILES string of the molecule is COc1cc(OC)c2c(c1)C(=O)N(Cc1ccc(Cl)cc1)C2C#N. The molecule has 0 bridgehead atoms. The molecule has 0 aromatic heterocycles. The van der Waals surface area contributed by atoms with Gasteiger partial charge in [0, 0.05) is 23.2 Å². The molecule has 0 saturated heterocycles. The molecule has 1 atom stereocenters. The molecule has 122 valence electrons. The average Bonchev–Trinajstić information content (AvgIpc) is 2.88. The number of hydrogen-bond donors (Lipinski definition) is 0. The highest BCUT2D eigenvalue weighted by Crippen LogP contribution is 2.42. The van der Waals surface area contributed by atoms with E-state index in [-0.39, 0.29) is 5.91 Å². The van der Waals surface area contributed by atoms with Crippen molar-refractivity contribution in [2.45, 2.75) is 12.6 Å². The molecule has 2 aromatic carbocycles. The minimum Gasteiger partial charge on any atom is -0.497 e. The molecule has 1 aliphatic rings. The minimum atomic E-state index is -0.705. The first-order valence-electron chi connectivity index (χ1n) is 7.30. The van der Waals surface area contributed by atoms with E-state index < -0.39 is 6.04 Å². The van der Waals surface area contributed by atoms with Crippen molar-refractivity contribution in [1.29, 1.82) is 5.26 Å². The molecule has 1 heterocycles. The Morgan fingerprint density at radius 1 is 1.21 bits per heavy atom. The van der Waals surface area contributed by atoms with E-state index >= 15 is 0 Å². The summed E-state index contributed by atoms with van der Waals surface area (Å²) in [6, 6.07) is 12.0. The Kier molecular flexibility index (Phi) is 4.32. The molecule has 0 radical (unpaired) electrons. The fourth-order valence-corrected chi connectivity index (χ4v) is 2.98. The molecule has 0 N–H and O–H groups in total. The molecule has 3 rings (SSSR count). The van der Waals surface area contributed by atoms with E-state index in [2.05, 4.69) is 6.07 Å². The van der Waals surface area contributed by atoms with Crippen LogP contribution in [0.2, 0.25) is 5.02 Å². The summed E-state index contributed by atoms with van der Waals surface area (Å²) in [5.41, 5.74) is 1.92. The number of nitriles is 1. The Labute approximate surface area is 145 Å². The zero-order chi connectivity index (χ0) is 17.3. The van der Waals surface area contributed by atoms with Gasteiger partial charge >= 0.3 is 0 Å². The number of carbonyl (C=O) groups is 1. The summed E-state index contributed by atoms with van der Waals surface area (Å²) >= 11 is 5.90. The second kappa shape index (κ2) is 6.42. The molecule has 0 saturated carbocycles. The van der Waals surface area contributed by atoms with E-state index in [1.807, 2.05) is 12.1 Å². The normalized spacial score (nSPS) is 15.8. The standard InChI is InChI=1S/C18H15ClN2O3/c1-23-13-7-14-17(16(8-13)24-2)15(9-20)21(18(14)22)10-11-3-5-12(19)6-4-11/h3-8,15H,10H2,1-2H3. The lowest BCUT2D eigenvalue weighted by Crippen LogP contribution is -2.26. The van der Waals surface area contributed by atoms with Gasteiger partial charge < -0.3 is 14.4 Å². The van der Waals surface area contributed by atoms with Crippen LogP contribution in [0.4, 0.5) is 0 Å². The second-order valence-corrected chi connectivity index (χ2v) is 5.82. The number of nitrogens with zero attached hydrogens (tertiary/aromatic N) is 2. The van der Waals surface area contributed by atoms with Gasteiger partial charge in [-0.25, -0.2) is 0 Å². The number of halogens is 1. The number of benzene rings is 2. The fraction of sp³-hybridized carbons (Fsp3) is 0.222. The van der Waals surface area contributed by atoms with Crippen molar-refractivity contribution in [3.8, 4) is 17.6 Å². The molecule has 2 aromatic rings. The van der Waals surface area contributed by atoms with Gasteiger partial charge in [-0.1, -0.05) is 23.7 Å². The maximum atomic E-state index is 12.8. The first-order valence-corrected chi connectivity index (χ1v) is 7.67. The van der Waals surface area contributed by atoms with Gasteiger partial charge in [-0.15, -0.1) is 0 Å². The van der Waals surface area contributed by atoms with Crippen LogP contribution < -0.4 is 9.47 Å². The fourth-order valence-electron chi connectivity index (χ4n) is 2.86. The Morgan fingerprint density at radius 2 is 1.92 bits per heavy atom. The van der Waals surface area contributed by atoms with E-state index in [9.17, 15) is 10.1 Å². The van der Waals surface area contributed by atoms with Crippen LogP contribution in [0.25, 0.3) is 0 Å². The number of amides is 1. The van der Waals surface area contributed by atoms with Gasteiger partial charge in [0.15, 0.2) is 0 Å². The van der Waals surface area contributed by atoms with Crippen molar-refractivity contribution in [2.24, 2.45) is 0 Å². The molecular formula is C18H15ClN2O3. The lowest BCUT2D eigenvalue weighted by molar-refractivity contribution is 0.0744. The minimum absolute atomic E-state index is 0.219. The maximum Gasteiger partial charge on any atom is 0.256 e. The van der Waals surface area contributed by atoms with Gasteiger partial charge in [0.25, 0.3) is 5.91 Å². The summed E-state index contributed by atoms with van der Waals surface area (Å²) in [5, 5.41) is 10.2. The third kappa shape index (κ3) is 2.66. The predicted molar refractivity (Wildman–Crippen MR) is 89.2 cm³/mol. The molecule has 24 heavy (non-hydrogen) atoms. The molecule has 0 fully saturated rings. The van der Waals surface area contributed by atoms with Crippen LogP contribution >= 0.6 is 11.6 Å². The summed E-state index contributed by atoms with van der Waals surface area (Å²) in [4.78, 5) is 14.3. The number of methoxy groups -OCH3 is 2. The zero-order valence-electron chi connectivity index (χ0n) is 13.2. The van der Waals surface area contributed by atoms with Crippen molar-refractivity contribution in [3.05, 3.63) is 58.1 Å². The van der Waals surface area contributed by atoms with Crippen LogP contribution in [0.5, 0.6) is 11.5 Å². The van der Waals surface area contributed by atoms with E-state index in [1.54, 1.807) is 24.3 Å². The summed E-state index contributed by atoms with van der Waals surface area (Å²) < 4.78 is 10.6. The summed E-state index contributed by atoms with van der Waals surface area (Å²) in [6.45, 7) is 0.314. The molecule has 1 aliphatic heterocycles. The van der Waals surface area contributed by atoms with Crippen molar-refractivity contribution < 1.29 is 14.3 Å². The lowest BCUT2D eigenvalue weighted by Gasteiger charge is -2.20. The highest BCUT2D eigenvalue weighted by Gasteiger charge is 2.40. The van der Waals surface area contributed by atoms with E-state index in [1.165, 1.54) is 19.1 Å². The Morgan fingerprint density at radius 3 is 2.50 bits per heavy atom. The number of rotatable bonds is 4. The second-order valence-electron chi connectivity index (χ2n) is 5.38. The van der Waals surface area contributed by atoms with Crippen molar-refractivity contribution in [1.82, 2.24) is 4.90 Å². The highest BCUT2D eigenvalue weighted by atomic mass is 35.5. The number of ether oxygens (including phenoxy) is 2. The Hall–Kier alpha value is -2.71. The van der Waals surface area contributed by atoms with Crippen molar-refractivity contribution in [2.75, 3.05) is 14.2 Å². The summed E-state index contributed by atoms with van der Waals surface area (Å²) in [6.07, 6.45) is 0. The predicted octanol–water partition coefficient (Wildman–Crippen LogP) is 3.58. The van der Waals surface area contributed by atoms with Crippen LogP contribution in [-0.4, -0.2) is 25.0 Å². The highest BCUT2D eigenvalue weighted by molar-refractivity contribution is 6.30. The van der Waals surface area contributed by atoms with Crippen LogP contribution in [0, 0.1) is 11.3 Å². The molecule has 5 nitrogen and oxygen atoms in total.